The van der Waals surface area contributed by atoms with Crippen molar-refractivity contribution in [3.05, 3.63) is 35.9 Å². The molecule has 1 amide bonds. The van der Waals surface area contributed by atoms with Crippen LogP contribution >= 0.6 is 0 Å². The molecule has 0 aromatic heterocycles. The minimum absolute atomic E-state index is 0.00833. The Balaban J connectivity index is 1.36. The monoisotopic (exact) mass is 286 g/mol. The molecule has 4 unspecified atom stereocenters. The summed E-state index contributed by atoms with van der Waals surface area (Å²) in [6, 6.07) is 10.1. The Kier molecular flexibility index (Phi) is 4.59. The molecule has 0 heterocycles. The van der Waals surface area contributed by atoms with E-state index in [2.05, 4.69) is 5.32 Å². The van der Waals surface area contributed by atoms with E-state index in [9.17, 15) is 4.79 Å². The molecule has 2 aliphatic rings. The van der Waals surface area contributed by atoms with E-state index in [4.69, 9.17) is 5.73 Å². The molecule has 2 fully saturated rings. The first-order chi connectivity index (χ1) is 10.2. The fourth-order valence-electron chi connectivity index (χ4n) is 4.17. The van der Waals surface area contributed by atoms with Gasteiger partial charge in [-0.1, -0.05) is 36.8 Å². The van der Waals surface area contributed by atoms with Gasteiger partial charge in [0.05, 0.1) is 0 Å². The maximum absolute atomic E-state index is 12.0. The van der Waals surface area contributed by atoms with Crippen LogP contribution in [0.3, 0.4) is 0 Å². The topological polar surface area (TPSA) is 55.1 Å². The van der Waals surface area contributed by atoms with Crippen LogP contribution in [0.5, 0.6) is 0 Å². The zero-order valence-electron chi connectivity index (χ0n) is 12.6. The van der Waals surface area contributed by atoms with Gasteiger partial charge >= 0.3 is 0 Å². The smallest absolute Gasteiger partial charge is 0.220 e. The van der Waals surface area contributed by atoms with Gasteiger partial charge in [-0.2, -0.15) is 0 Å². The molecule has 3 rings (SSSR count). The fourth-order valence-corrected chi connectivity index (χ4v) is 4.17. The lowest BCUT2D eigenvalue weighted by Crippen LogP contribution is -2.29. The average Bonchev–Trinajstić information content (AvgIpc) is 3.10. The Labute approximate surface area is 127 Å². The lowest BCUT2D eigenvalue weighted by Gasteiger charge is -2.21. The summed E-state index contributed by atoms with van der Waals surface area (Å²) in [5.41, 5.74) is 7.28. The maximum Gasteiger partial charge on any atom is 0.220 e. The Morgan fingerprint density at radius 3 is 2.71 bits per heavy atom. The van der Waals surface area contributed by atoms with E-state index < -0.39 is 0 Å². The summed E-state index contributed by atoms with van der Waals surface area (Å²) in [5, 5.41) is 3.05. The van der Waals surface area contributed by atoms with E-state index in [1.807, 2.05) is 30.3 Å². The molecule has 1 aromatic rings. The first-order valence-corrected chi connectivity index (χ1v) is 8.29. The Morgan fingerprint density at radius 1 is 1.24 bits per heavy atom. The number of nitrogens with one attached hydrogen (secondary N) is 1. The van der Waals surface area contributed by atoms with Crippen LogP contribution in [0, 0.1) is 17.8 Å². The quantitative estimate of drug-likeness (QED) is 0.844. The molecule has 3 heteroatoms. The number of fused-ring (bicyclic) bond motifs is 2. The van der Waals surface area contributed by atoms with Crippen LogP contribution in [0.25, 0.3) is 0 Å². The predicted molar refractivity (Wildman–Crippen MR) is 84.6 cm³/mol. The molecule has 0 radical (unpaired) electrons. The van der Waals surface area contributed by atoms with Crippen molar-refractivity contribution in [3.8, 4) is 0 Å². The second-order valence-corrected chi connectivity index (χ2v) is 6.79. The predicted octanol–water partition coefficient (Wildman–Crippen LogP) is 3.02. The largest absolute Gasteiger partial charge is 0.356 e. The summed E-state index contributed by atoms with van der Waals surface area (Å²) >= 11 is 0. The summed E-state index contributed by atoms with van der Waals surface area (Å²) in [6.07, 6.45) is 6.92. The number of hydrogen-bond acceptors (Lipinski definition) is 2. The minimum Gasteiger partial charge on any atom is -0.356 e. The molecule has 1 aromatic carbocycles. The van der Waals surface area contributed by atoms with Gasteiger partial charge in [-0.3, -0.25) is 4.79 Å². The summed E-state index contributed by atoms with van der Waals surface area (Å²) in [6.45, 7) is 0.676. The van der Waals surface area contributed by atoms with Crippen molar-refractivity contribution in [2.45, 2.75) is 44.6 Å². The van der Waals surface area contributed by atoms with E-state index >= 15 is 0 Å². The SMILES string of the molecule is NC(CCNC(=O)CC1CC2CCC1C2)c1ccccc1. The van der Waals surface area contributed by atoms with Gasteiger partial charge in [0.1, 0.15) is 0 Å². The van der Waals surface area contributed by atoms with Crippen LogP contribution in [0.1, 0.15) is 50.1 Å². The molecular formula is C18H26N2O. The highest BCUT2D eigenvalue weighted by Crippen LogP contribution is 2.49. The number of amides is 1. The highest BCUT2D eigenvalue weighted by Gasteiger charge is 2.39. The zero-order chi connectivity index (χ0) is 14.7. The third kappa shape index (κ3) is 3.65. The summed E-state index contributed by atoms with van der Waals surface area (Å²) in [7, 11) is 0. The second kappa shape index (κ2) is 6.61. The standard InChI is InChI=1S/C18H26N2O/c19-17(14-4-2-1-3-5-14)8-9-20-18(21)12-16-11-13-6-7-15(16)10-13/h1-5,13,15-17H,6-12,19H2,(H,20,21). The van der Waals surface area contributed by atoms with Gasteiger partial charge in [0.2, 0.25) is 5.91 Å². The second-order valence-electron chi connectivity index (χ2n) is 6.79. The maximum atomic E-state index is 12.0. The molecule has 21 heavy (non-hydrogen) atoms. The first kappa shape index (κ1) is 14.6. The molecule has 4 atom stereocenters. The molecule has 3 nitrogen and oxygen atoms in total. The van der Waals surface area contributed by atoms with Crippen LogP contribution in [-0.4, -0.2) is 12.5 Å². The van der Waals surface area contributed by atoms with Crippen LogP contribution in [-0.2, 0) is 4.79 Å². The Morgan fingerprint density at radius 2 is 2.05 bits per heavy atom. The number of nitrogens with two attached hydrogens (primary N) is 1. The van der Waals surface area contributed by atoms with Crippen molar-refractivity contribution in [3.63, 3.8) is 0 Å². The van der Waals surface area contributed by atoms with Gasteiger partial charge in [-0.25, -0.2) is 0 Å². The molecule has 2 saturated carbocycles. The van der Waals surface area contributed by atoms with E-state index in [-0.39, 0.29) is 11.9 Å². The summed E-state index contributed by atoms with van der Waals surface area (Å²) in [4.78, 5) is 12.0. The van der Waals surface area contributed by atoms with Crippen molar-refractivity contribution in [1.29, 1.82) is 0 Å². The van der Waals surface area contributed by atoms with Crippen LogP contribution in [0.4, 0.5) is 0 Å². The molecule has 2 aliphatic carbocycles. The van der Waals surface area contributed by atoms with Crippen LogP contribution < -0.4 is 11.1 Å². The van der Waals surface area contributed by atoms with Gasteiger partial charge in [0.15, 0.2) is 0 Å². The summed E-state index contributed by atoms with van der Waals surface area (Å²) < 4.78 is 0. The number of hydrogen-bond donors (Lipinski definition) is 2. The molecule has 0 spiro atoms. The van der Waals surface area contributed by atoms with Crippen molar-refractivity contribution in [1.82, 2.24) is 5.32 Å². The van der Waals surface area contributed by atoms with E-state index in [0.29, 0.717) is 12.5 Å². The van der Waals surface area contributed by atoms with Gasteiger partial charge in [-0.05, 0) is 49.0 Å². The Hall–Kier alpha value is -1.35. The third-order valence-corrected chi connectivity index (χ3v) is 5.34. The van der Waals surface area contributed by atoms with Gasteiger partial charge in [-0.15, -0.1) is 0 Å². The highest BCUT2D eigenvalue weighted by atomic mass is 16.1. The van der Waals surface area contributed by atoms with Crippen molar-refractivity contribution < 1.29 is 4.79 Å². The number of rotatable bonds is 6. The van der Waals surface area contributed by atoms with Gasteiger partial charge in [0, 0.05) is 19.0 Å². The highest BCUT2D eigenvalue weighted by molar-refractivity contribution is 5.76. The first-order valence-electron chi connectivity index (χ1n) is 8.29. The lowest BCUT2D eigenvalue weighted by molar-refractivity contribution is -0.122. The van der Waals surface area contributed by atoms with Crippen molar-refractivity contribution in [2.24, 2.45) is 23.5 Å². The van der Waals surface area contributed by atoms with E-state index in [1.54, 1.807) is 0 Å². The number of carbonyl (C=O) groups is 1. The normalized spacial score (nSPS) is 28.5. The minimum atomic E-state index is 0.00833. The van der Waals surface area contributed by atoms with Crippen molar-refractivity contribution >= 4 is 5.91 Å². The molecule has 0 saturated heterocycles. The average molecular weight is 286 g/mol. The Bertz CT molecular complexity index is 473. The summed E-state index contributed by atoms with van der Waals surface area (Å²) in [5.74, 6) is 2.60. The number of carbonyl (C=O) groups excluding carboxylic acids is 1. The molecule has 3 N–H and O–H groups in total. The lowest BCUT2D eigenvalue weighted by atomic mass is 9.86. The van der Waals surface area contributed by atoms with E-state index in [1.165, 1.54) is 25.7 Å². The van der Waals surface area contributed by atoms with Crippen molar-refractivity contribution in [2.75, 3.05) is 6.54 Å². The van der Waals surface area contributed by atoms with E-state index in [0.717, 1.165) is 30.2 Å². The molecule has 2 bridgehead atoms. The molecular weight excluding hydrogens is 260 g/mol. The van der Waals surface area contributed by atoms with Crippen LogP contribution in [0.15, 0.2) is 30.3 Å². The van der Waals surface area contributed by atoms with Crippen LogP contribution in [0.2, 0.25) is 0 Å². The molecule has 114 valence electrons. The fraction of sp³-hybridized carbons (Fsp3) is 0.611. The van der Waals surface area contributed by atoms with Gasteiger partial charge in [0.25, 0.3) is 0 Å². The number of benzene rings is 1. The molecule has 0 aliphatic heterocycles. The van der Waals surface area contributed by atoms with Gasteiger partial charge < -0.3 is 11.1 Å². The zero-order valence-corrected chi connectivity index (χ0v) is 12.6. The third-order valence-electron chi connectivity index (χ3n) is 5.34.